The van der Waals surface area contributed by atoms with Gasteiger partial charge in [-0.2, -0.15) is 4.52 Å². The van der Waals surface area contributed by atoms with Crippen LogP contribution in [-0.4, -0.2) is 50.3 Å². The molecule has 3 aromatic rings. The molecule has 4 rings (SSSR count). The lowest BCUT2D eigenvalue weighted by molar-refractivity contribution is -0.150. The first kappa shape index (κ1) is 21.4. The van der Waals surface area contributed by atoms with Crippen LogP contribution in [0.5, 0.6) is 5.88 Å². The second kappa shape index (κ2) is 8.70. The molecular weight excluding hydrogens is 447 g/mol. The summed E-state index contributed by atoms with van der Waals surface area (Å²) in [6.07, 6.45) is 1.63. The number of likely N-dealkylation sites (tertiary alicyclic amines) is 1. The molecule has 160 valence electrons. The van der Waals surface area contributed by atoms with E-state index in [1.54, 1.807) is 13.0 Å². The molecule has 1 aliphatic heterocycles. The van der Waals surface area contributed by atoms with Crippen LogP contribution in [0.1, 0.15) is 42.1 Å². The molecule has 2 aromatic heterocycles. The van der Waals surface area contributed by atoms with E-state index in [-0.39, 0.29) is 23.8 Å². The maximum atomic E-state index is 12.4. The highest BCUT2D eigenvalue weighted by Crippen LogP contribution is 2.42. The molecule has 1 aromatic carbocycles. The Morgan fingerprint density at radius 3 is 2.90 bits per heavy atom. The molecule has 0 aliphatic carbocycles. The predicted octanol–water partition coefficient (Wildman–Crippen LogP) is 4.48. The monoisotopic (exact) mass is 468 g/mol. The molecule has 0 saturated carbocycles. The maximum absolute atomic E-state index is 12.4. The van der Waals surface area contributed by atoms with E-state index >= 15 is 0 Å². The highest BCUT2D eigenvalue weighted by atomic mass is 35.5. The van der Waals surface area contributed by atoms with Crippen LogP contribution in [0.3, 0.4) is 0 Å². The van der Waals surface area contributed by atoms with E-state index in [0.717, 1.165) is 24.9 Å². The number of halogens is 2. The third-order valence-corrected chi connectivity index (χ3v) is 7.06. The van der Waals surface area contributed by atoms with Gasteiger partial charge >= 0.3 is 5.97 Å². The van der Waals surface area contributed by atoms with Crippen molar-refractivity contribution >= 4 is 45.5 Å². The summed E-state index contributed by atoms with van der Waals surface area (Å²) in [7, 11) is 0. The fourth-order valence-electron chi connectivity index (χ4n) is 3.93. The molecule has 1 fully saturated rings. The molecule has 0 amide bonds. The van der Waals surface area contributed by atoms with Gasteiger partial charge < -0.3 is 9.84 Å². The van der Waals surface area contributed by atoms with Gasteiger partial charge in [-0.1, -0.05) is 40.6 Å². The normalized spacial score (nSPS) is 18.6. The van der Waals surface area contributed by atoms with Gasteiger partial charge in [-0.3, -0.25) is 9.69 Å². The number of carbonyl (C=O) groups excluding carboxylic acids is 1. The number of esters is 1. The number of ether oxygens (including phenoxy) is 1. The van der Waals surface area contributed by atoms with Crippen molar-refractivity contribution in [1.82, 2.24) is 19.5 Å². The molecule has 1 aliphatic rings. The predicted molar refractivity (Wildman–Crippen MR) is 117 cm³/mol. The minimum atomic E-state index is -0.314. The highest BCUT2D eigenvalue weighted by Gasteiger charge is 2.35. The van der Waals surface area contributed by atoms with E-state index < -0.39 is 0 Å². The first-order valence-electron chi connectivity index (χ1n) is 9.79. The van der Waals surface area contributed by atoms with E-state index in [1.807, 2.05) is 19.1 Å². The van der Waals surface area contributed by atoms with Crippen molar-refractivity contribution in [2.75, 3.05) is 19.7 Å². The quantitative estimate of drug-likeness (QED) is 0.556. The summed E-state index contributed by atoms with van der Waals surface area (Å²) < 4.78 is 6.70. The Bertz CT molecular complexity index is 1080. The maximum Gasteiger partial charge on any atom is 0.310 e. The van der Waals surface area contributed by atoms with E-state index in [4.69, 9.17) is 27.9 Å². The van der Waals surface area contributed by atoms with Crippen LogP contribution < -0.4 is 0 Å². The molecule has 3 heterocycles. The Morgan fingerprint density at radius 2 is 2.20 bits per heavy atom. The van der Waals surface area contributed by atoms with E-state index in [1.165, 1.54) is 15.9 Å². The number of hydrogen-bond acceptors (Lipinski definition) is 7. The SMILES string of the molecule is CCOC(=O)[C@@H]1CCCN([C@H](c2ccc(Cl)c(Cl)c2)c2sc3nc(C)nn3c2O)C1. The number of hydrogen-bond donors (Lipinski definition) is 1. The lowest BCUT2D eigenvalue weighted by Crippen LogP contribution is -2.41. The Kier molecular flexibility index (Phi) is 6.20. The number of rotatable bonds is 5. The Hall–Kier alpha value is -1.87. The molecule has 1 saturated heterocycles. The highest BCUT2D eigenvalue weighted by molar-refractivity contribution is 7.17. The molecule has 0 spiro atoms. The van der Waals surface area contributed by atoms with Crippen molar-refractivity contribution in [3.05, 3.63) is 44.5 Å². The number of fused-ring (bicyclic) bond motifs is 1. The summed E-state index contributed by atoms with van der Waals surface area (Å²) >= 11 is 13.8. The number of aromatic nitrogens is 3. The van der Waals surface area contributed by atoms with E-state index in [9.17, 15) is 9.90 Å². The van der Waals surface area contributed by atoms with Gasteiger partial charge in [0.05, 0.1) is 33.5 Å². The number of piperidine rings is 1. The second-order valence-electron chi connectivity index (χ2n) is 7.31. The van der Waals surface area contributed by atoms with Gasteiger partial charge in [0.2, 0.25) is 10.8 Å². The number of carbonyl (C=O) groups is 1. The van der Waals surface area contributed by atoms with Crippen LogP contribution in [0.15, 0.2) is 18.2 Å². The third-order valence-electron chi connectivity index (χ3n) is 5.25. The fourth-order valence-corrected chi connectivity index (χ4v) is 5.40. The summed E-state index contributed by atoms with van der Waals surface area (Å²) in [6, 6.07) is 5.14. The first-order valence-corrected chi connectivity index (χ1v) is 11.4. The standard InChI is InChI=1S/C20H22Cl2N4O3S/c1-3-29-19(28)13-5-4-8-25(10-13)16(12-6-7-14(21)15(22)9-12)17-18(27)26-20(30-17)23-11(2)24-26/h6-7,9,13,16,27H,3-5,8,10H2,1-2H3/t13-,16-/m1/s1. The summed E-state index contributed by atoms with van der Waals surface area (Å²) in [4.78, 5) is 20.3. The Morgan fingerprint density at radius 1 is 1.40 bits per heavy atom. The summed E-state index contributed by atoms with van der Waals surface area (Å²) in [5.74, 6) is 0.243. The molecule has 2 atom stereocenters. The zero-order valence-corrected chi connectivity index (χ0v) is 19.0. The number of aryl methyl sites for hydroxylation is 1. The average molecular weight is 469 g/mol. The third kappa shape index (κ3) is 4.01. The van der Waals surface area contributed by atoms with Gasteiger partial charge in [-0.05, 0) is 50.9 Å². The Labute approximate surface area is 188 Å². The number of thiazole rings is 1. The molecule has 1 N–H and O–H groups in total. The average Bonchev–Trinajstić information content (AvgIpc) is 3.23. The van der Waals surface area contributed by atoms with Gasteiger partial charge in [-0.25, -0.2) is 4.98 Å². The van der Waals surface area contributed by atoms with Gasteiger partial charge in [0, 0.05) is 6.54 Å². The van der Waals surface area contributed by atoms with Crippen LogP contribution in [0, 0.1) is 12.8 Å². The summed E-state index contributed by atoms with van der Waals surface area (Å²) in [6.45, 7) is 5.25. The lowest BCUT2D eigenvalue weighted by atomic mass is 9.94. The smallest absolute Gasteiger partial charge is 0.310 e. The van der Waals surface area contributed by atoms with Crippen LogP contribution in [-0.2, 0) is 9.53 Å². The minimum Gasteiger partial charge on any atom is -0.492 e. The van der Waals surface area contributed by atoms with Crippen LogP contribution >= 0.6 is 34.5 Å². The number of benzene rings is 1. The fraction of sp³-hybridized carbons (Fsp3) is 0.450. The van der Waals surface area contributed by atoms with Crippen molar-refractivity contribution < 1.29 is 14.6 Å². The Balaban J connectivity index is 1.77. The largest absolute Gasteiger partial charge is 0.492 e. The van der Waals surface area contributed by atoms with Crippen molar-refractivity contribution in [3.63, 3.8) is 0 Å². The van der Waals surface area contributed by atoms with Gasteiger partial charge in [-0.15, -0.1) is 5.10 Å². The molecule has 30 heavy (non-hydrogen) atoms. The van der Waals surface area contributed by atoms with Crippen molar-refractivity contribution in [1.29, 1.82) is 0 Å². The molecule has 7 nitrogen and oxygen atoms in total. The zero-order chi connectivity index (χ0) is 21.4. The van der Waals surface area contributed by atoms with Crippen LogP contribution in [0.2, 0.25) is 10.0 Å². The number of aromatic hydroxyl groups is 1. The van der Waals surface area contributed by atoms with E-state index in [2.05, 4.69) is 15.0 Å². The molecule has 10 heteroatoms. The van der Waals surface area contributed by atoms with Gasteiger partial charge in [0.25, 0.3) is 0 Å². The van der Waals surface area contributed by atoms with Crippen molar-refractivity contribution in [2.24, 2.45) is 5.92 Å². The summed E-state index contributed by atoms with van der Waals surface area (Å²) in [5, 5.41) is 16.1. The first-order chi connectivity index (χ1) is 14.4. The second-order valence-corrected chi connectivity index (χ2v) is 9.13. The topological polar surface area (TPSA) is 80.0 Å². The molecule has 0 bridgehead atoms. The summed E-state index contributed by atoms with van der Waals surface area (Å²) in [5.41, 5.74) is 0.880. The van der Waals surface area contributed by atoms with Crippen LogP contribution in [0.25, 0.3) is 4.96 Å². The molecule has 0 radical (unpaired) electrons. The molecular formula is C20H22Cl2N4O3S. The van der Waals surface area contributed by atoms with E-state index in [0.29, 0.717) is 38.9 Å². The van der Waals surface area contributed by atoms with Gasteiger partial charge in [0.15, 0.2) is 0 Å². The van der Waals surface area contributed by atoms with Crippen molar-refractivity contribution in [2.45, 2.75) is 32.7 Å². The zero-order valence-electron chi connectivity index (χ0n) is 16.6. The van der Waals surface area contributed by atoms with Gasteiger partial charge in [0.1, 0.15) is 5.82 Å². The number of nitrogens with zero attached hydrogens (tertiary/aromatic N) is 4. The minimum absolute atomic E-state index is 0.0462. The van der Waals surface area contributed by atoms with Crippen molar-refractivity contribution in [3.8, 4) is 5.88 Å². The van der Waals surface area contributed by atoms with Crippen LogP contribution in [0.4, 0.5) is 0 Å². The lowest BCUT2D eigenvalue weighted by Gasteiger charge is -2.37. The molecule has 0 unspecified atom stereocenters.